The highest BCUT2D eigenvalue weighted by molar-refractivity contribution is 6.17. The van der Waals surface area contributed by atoms with E-state index in [9.17, 15) is 9.18 Å². The number of fused-ring (bicyclic) bond motifs is 3. The number of halogens is 1. The van der Waals surface area contributed by atoms with Gasteiger partial charge >= 0.3 is 0 Å². The van der Waals surface area contributed by atoms with E-state index in [1.54, 1.807) is 24.3 Å². The first-order valence-electron chi connectivity index (χ1n) is 7.99. The number of hydrogen-bond acceptors (Lipinski definition) is 2. The SMILES string of the molecule is N#Cc1ccc(Cn2c3cc(F)c[c]c3c3c(C(N)=O)cccc32)cc1. The molecule has 1 radical (unpaired) electrons. The Balaban J connectivity index is 2.00. The molecule has 0 saturated heterocycles. The van der Waals surface area contributed by atoms with E-state index >= 15 is 0 Å². The minimum atomic E-state index is -0.536. The van der Waals surface area contributed by atoms with Gasteiger partial charge in [-0.05, 0) is 48.0 Å². The summed E-state index contributed by atoms with van der Waals surface area (Å²) in [5, 5.41) is 10.3. The van der Waals surface area contributed by atoms with Gasteiger partial charge in [-0.3, -0.25) is 4.79 Å². The van der Waals surface area contributed by atoms with E-state index in [0.29, 0.717) is 34.0 Å². The lowest BCUT2D eigenvalue weighted by Crippen LogP contribution is -2.11. The number of hydrogen-bond donors (Lipinski definition) is 1. The Kier molecular flexibility index (Phi) is 3.67. The zero-order valence-electron chi connectivity index (χ0n) is 13.7. The first-order valence-corrected chi connectivity index (χ1v) is 7.99. The standard InChI is InChI=1S/C21H13FN3O/c22-15-8-9-16-19(10-15)25(12-14-6-4-13(11-23)5-7-14)18-3-1-2-17(20(16)18)21(24)26/h1-8,10H,12H2,(H2,24,26). The van der Waals surface area contributed by atoms with Gasteiger partial charge in [0.1, 0.15) is 5.82 Å². The van der Waals surface area contributed by atoms with Crippen molar-refractivity contribution in [2.75, 3.05) is 0 Å². The molecule has 1 aromatic heterocycles. The Morgan fingerprint density at radius 3 is 2.65 bits per heavy atom. The maximum absolute atomic E-state index is 13.9. The van der Waals surface area contributed by atoms with Crippen molar-refractivity contribution < 1.29 is 9.18 Å². The first-order chi connectivity index (χ1) is 12.6. The Hall–Kier alpha value is -3.65. The highest BCUT2D eigenvalue weighted by Crippen LogP contribution is 2.32. The summed E-state index contributed by atoms with van der Waals surface area (Å²) >= 11 is 0. The van der Waals surface area contributed by atoms with Crippen LogP contribution in [0, 0.1) is 23.2 Å². The van der Waals surface area contributed by atoms with Gasteiger partial charge in [0, 0.05) is 22.9 Å². The van der Waals surface area contributed by atoms with Gasteiger partial charge in [0.2, 0.25) is 5.91 Å². The Morgan fingerprint density at radius 1 is 1.19 bits per heavy atom. The van der Waals surface area contributed by atoms with Crippen LogP contribution in [0.5, 0.6) is 0 Å². The van der Waals surface area contributed by atoms with Crippen molar-refractivity contribution in [2.24, 2.45) is 5.73 Å². The molecule has 26 heavy (non-hydrogen) atoms. The van der Waals surface area contributed by atoms with Crippen molar-refractivity contribution in [3.8, 4) is 6.07 Å². The summed E-state index contributed by atoms with van der Waals surface area (Å²) in [6.07, 6.45) is 0. The summed E-state index contributed by atoms with van der Waals surface area (Å²) in [6, 6.07) is 20.2. The molecule has 0 aliphatic rings. The summed E-state index contributed by atoms with van der Waals surface area (Å²) in [4.78, 5) is 11.9. The van der Waals surface area contributed by atoms with Gasteiger partial charge in [0.05, 0.1) is 22.7 Å². The second-order valence-corrected chi connectivity index (χ2v) is 6.04. The topological polar surface area (TPSA) is 71.8 Å². The average molecular weight is 342 g/mol. The van der Waals surface area contributed by atoms with E-state index in [1.807, 2.05) is 22.8 Å². The molecule has 0 fully saturated rings. The number of nitriles is 1. The number of benzene rings is 3. The van der Waals surface area contributed by atoms with Crippen LogP contribution in [0.4, 0.5) is 4.39 Å². The third-order valence-electron chi connectivity index (χ3n) is 4.45. The number of carbonyl (C=O) groups excluding carboxylic acids is 1. The van der Waals surface area contributed by atoms with Crippen LogP contribution in [0.2, 0.25) is 0 Å². The fourth-order valence-electron chi connectivity index (χ4n) is 3.27. The summed E-state index contributed by atoms with van der Waals surface area (Å²) < 4.78 is 15.8. The summed E-state index contributed by atoms with van der Waals surface area (Å²) in [5.74, 6) is -0.937. The van der Waals surface area contributed by atoms with Crippen LogP contribution < -0.4 is 5.73 Å². The molecule has 1 amide bonds. The van der Waals surface area contributed by atoms with Crippen LogP contribution in [-0.2, 0) is 6.54 Å². The number of carbonyl (C=O) groups is 1. The lowest BCUT2D eigenvalue weighted by molar-refractivity contribution is 0.100. The van der Waals surface area contributed by atoms with Gasteiger partial charge in [0.15, 0.2) is 0 Å². The van der Waals surface area contributed by atoms with Crippen LogP contribution in [0.25, 0.3) is 21.8 Å². The second kappa shape index (κ2) is 6.01. The van der Waals surface area contributed by atoms with Crippen LogP contribution in [0.15, 0.2) is 54.6 Å². The molecule has 0 aliphatic carbocycles. The van der Waals surface area contributed by atoms with E-state index in [4.69, 9.17) is 11.0 Å². The van der Waals surface area contributed by atoms with E-state index < -0.39 is 11.7 Å². The molecule has 2 N–H and O–H groups in total. The first kappa shape index (κ1) is 15.9. The quantitative estimate of drug-likeness (QED) is 0.616. The van der Waals surface area contributed by atoms with Crippen molar-refractivity contribution in [1.82, 2.24) is 4.57 Å². The largest absolute Gasteiger partial charge is 0.366 e. The van der Waals surface area contributed by atoms with Crippen molar-refractivity contribution in [2.45, 2.75) is 6.54 Å². The third-order valence-corrected chi connectivity index (χ3v) is 4.45. The highest BCUT2D eigenvalue weighted by atomic mass is 19.1. The van der Waals surface area contributed by atoms with Crippen LogP contribution in [0.1, 0.15) is 21.5 Å². The van der Waals surface area contributed by atoms with E-state index in [2.05, 4.69) is 12.1 Å². The number of nitrogens with zero attached hydrogens (tertiary/aromatic N) is 2. The van der Waals surface area contributed by atoms with Crippen molar-refractivity contribution in [3.63, 3.8) is 0 Å². The number of nitrogens with two attached hydrogens (primary N) is 1. The molecule has 4 aromatic rings. The molecule has 0 atom stereocenters. The minimum absolute atomic E-state index is 0.383. The number of primary amides is 1. The zero-order chi connectivity index (χ0) is 18.3. The lowest BCUT2D eigenvalue weighted by atomic mass is 10.1. The molecule has 4 rings (SSSR count). The maximum Gasteiger partial charge on any atom is 0.249 e. The molecule has 0 aliphatic heterocycles. The van der Waals surface area contributed by atoms with Crippen LogP contribution in [-0.4, -0.2) is 10.5 Å². The van der Waals surface area contributed by atoms with Gasteiger partial charge in [-0.2, -0.15) is 5.26 Å². The molecule has 4 nitrogen and oxygen atoms in total. The Bertz CT molecular complexity index is 1200. The van der Waals surface area contributed by atoms with Gasteiger partial charge in [-0.15, -0.1) is 0 Å². The van der Waals surface area contributed by atoms with Crippen molar-refractivity contribution >= 4 is 27.7 Å². The minimum Gasteiger partial charge on any atom is -0.366 e. The van der Waals surface area contributed by atoms with Crippen molar-refractivity contribution in [1.29, 1.82) is 5.26 Å². The van der Waals surface area contributed by atoms with E-state index in [1.165, 1.54) is 12.1 Å². The summed E-state index contributed by atoms with van der Waals surface area (Å²) in [6.45, 7) is 0.464. The summed E-state index contributed by atoms with van der Waals surface area (Å²) in [7, 11) is 0. The van der Waals surface area contributed by atoms with Crippen molar-refractivity contribution in [3.05, 3.63) is 83.2 Å². The van der Waals surface area contributed by atoms with Gasteiger partial charge < -0.3 is 10.3 Å². The molecule has 5 heteroatoms. The fraction of sp³-hybridized carbons (Fsp3) is 0.0476. The average Bonchev–Trinajstić information content (AvgIpc) is 2.95. The molecule has 3 aromatic carbocycles. The lowest BCUT2D eigenvalue weighted by Gasteiger charge is -2.08. The number of rotatable bonds is 3. The van der Waals surface area contributed by atoms with E-state index in [0.717, 1.165) is 11.1 Å². The molecule has 1 heterocycles. The van der Waals surface area contributed by atoms with E-state index in [-0.39, 0.29) is 0 Å². The van der Waals surface area contributed by atoms with Gasteiger partial charge in [-0.25, -0.2) is 4.39 Å². The highest BCUT2D eigenvalue weighted by Gasteiger charge is 2.17. The van der Waals surface area contributed by atoms with Crippen LogP contribution >= 0.6 is 0 Å². The number of amides is 1. The third kappa shape index (κ3) is 2.49. The summed E-state index contributed by atoms with van der Waals surface area (Å²) in [5.41, 5.74) is 8.86. The Morgan fingerprint density at radius 2 is 1.96 bits per heavy atom. The fourth-order valence-corrected chi connectivity index (χ4v) is 3.27. The van der Waals surface area contributed by atoms with Gasteiger partial charge in [-0.1, -0.05) is 18.2 Å². The monoisotopic (exact) mass is 342 g/mol. The van der Waals surface area contributed by atoms with Gasteiger partial charge in [0.25, 0.3) is 0 Å². The molecule has 0 saturated carbocycles. The van der Waals surface area contributed by atoms with Crippen LogP contribution in [0.3, 0.4) is 0 Å². The maximum atomic E-state index is 13.9. The molecule has 0 bridgehead atoms. The predicted octanol–water partition coefficient (Wildman–Crippen LogP) is 3.75. The Labute approximate surface area is 148 Å². The number of aromatic nitrogens is 1. The molecular formula is C21H13FN3O. The zero-order valence-corrected chi connectivity index (χ0v) is 13.7. The smallest absolute Gasteiger partial charge is 0.249 e. The second-order valence-electron chi connectivity index (χ2n) is 6.04. The predicted molar refractivity (Wildman–Crippen MR) is 97.0 cm³/mol. The molecule has 125 valence electrons. The molecule has 0 unspecified atom stereocenters. The molecule has 0 spiro atoms. The molecular weight excluding hydrogens is 329 g/mol. The normalized spacial score (nSPS) is 10.9.